The van der Waals surface area contributed by atoms with E-state index < -0.39 is 5.97 Å². The fraction of sp³-hybridized carbons (Fsp3) is 0.231. The maximum Gasteiger partial charge on any atom is 0.336 e. The predicted octanol–water partition coefficient (Wildman–Crippen LogP) is 1.41. The number of amides is 1. The summed E-state index contributed by atoms with van der Waals surface area (Å²) in [5.74, 6) is -1.23. The number of rotatable bonds is 6. The minimum absolute atomic E-state index is 0.155. The molecule has 0 saturated carbocycles. The lowest BCUT2D eigenvalue weighted by atomic mass is 10.1. The van der Waals surface area contributed by atoms with E-state index in [-0.39, 0.29) is 18.0 Å². The molecule has 0 spiro atoms. The molecule has 0 radical (unpaired) electrons. The Balaban J connectivity index is 2.67. The van der Waals surface area contributed by atoms with Gasteiger partial charge in [-0.15, -0.1) is 6.58 Å². The Morgan fingerprint density at radius 1 is 1.44 bits per heavy atom. The van der Waals surface area contributed by atoms with Crippen LogP contribution in [0, 0.1) is 6.92 Å². The van der Waals surface area contributed by atoms with Gasteiger partial charge in [-0.2, -0.15) is 0 Å². The van der Waals surface area contributed by atoms with Gasteiger partial charge in [0.25, 0.3) is 0 Å². The normalized spacial score (nSPS) is 9.83. The summed E-state index contributed by atoms with van der Waals surface area (Å²) in [6, 6.07) is 4.78. The zero-order valence-corrected chi connectivity index (χ0v) is 10.2. The largest absolute Gasteiger partial charge is 0.478 e. The van der Waals surface area contributed by atoms with E-state index >= 15 is 0 Å². The van der Waals surface area contributed by atoms with E-state index in [4.69, 9.17) is 5.11 Å². The van der Waals surface area contributed by atoms with Crippen LogP contribution in [0.3, 0.4) is 0 Å². The second-order valence-electron chi connectivity index (χ2n) is 3.80. The highest BCUT2D eigenvalue weighted by Gasteiger charge is 2.09. The summed E-state index contributed by atoms with van der Waals surface area (Å²) < 4.78 is 0. The quantitative estimate of drug-likeness (QED) is 0.525. The molecule has 5 heteroatoms. The van der Waals surface area contributed by atoms with Gasteiger partial charge in [-0.25, -0.2) is 4.79 Å². The fourth-order valence-corrected chi connectivity index (χ4v) is 1.42. The van der Waals surface area contributed by atoms with Gasteiger partial charge in [0.2, 0.25) is 5.91 Å². The van der Waals surface area contributed by atoms with Crippen molar-refractivity contribution in [3.8, 4) is 0 Å². The topological polar surface area (TPSA) is 78.4 Å². The molecule has 1 rings (SSSR count). The first-order valence-electron chi connectivity index (χ1n) is 5.50. The van der Waals surface area contributed by atoms with Gasteiger partial charge in [0.1, 0.15) is 0 Å². The van der Waals surface area contributed by atoms with Crippen LogP contribution in [0.4, 0.5) is 5.69 Å². The molecule has 3 N–H and O–H groups in total. The highest BCUT2D eigenvalue weighted by atomic mass is 16.4. The first-order chi connectivity index (χ1) is 8.54. The Morgan fingerprint density at radius 2 is 2.17 bits per heavy atom. The zero-order valence-electron chi connectivity index (χ0n) is 10.2. The number of anilines is 1. The molecule has 0 atom stereocenters. The molecule has 0 unspecified atom stereocenters. The number of carbonyl (C=O) groups is 2. The number of hydrogen-bond acceptors (Lipinski definition) is 3. The summed E-state index contributed by atoms with van der Waals surface area (Å²) in [5.41, 5.74) is 1.32. The predicted molar refractivity (Wildman–Crippen MR) is 69.8 cm³/mol. The second kappa shape index (κ2) is 6.56. The lowest BCUT2D eigenvalue weighted by Gasteiger charge is -2.08. The van der Waals surface area contributed by atoms with Crippen LogP contribution in [0.1, 0.15) is 15.9 Å². The van der Waals surface area contributed by atoms with Crippen LogP contribution in [-0.4, -0.2) is 30.1 Å². The lowest BCUT2D eigenvalue weighted by Crippen LogP contribution is -2.28. The van der Waals surface area contributed by atoms with Crippen LogP contribution < -0.4 is 10.6 Å². The number of aromatic carboxylic acids is 1. The molecule has 0 heterocycles. The Bertz CT molecular complexity index is 469. The van der Waals surface area contributed by atoms with Gasteiger partial charge in [0.15, 0.2) is 0 Å². The number of benzene rings is 1. The molecular weight excluding hydrogens is 232 g/mol. The van der Waals surface area contributed by atoms with E-state index in [9.17, 15) is 9.59 Å². The smallest absolute Gasteiger partial charge is 0.336 e. The van der Waals surface area contributed by atoms with E-state index in [0.717, 1.165) is 0 Å². The summed E-state index contributed by atoms with van der Waals surface area (Å²) in [6.45, 7) is 5.93. The zero-order chi connectivity index (χ0) is 13.5. The Labute approximate surface area is 106 Å². The molecule has 0 saturated heterocycles. The first-order valence-corrected chi connectivity index (χ1v) is 5.50. The van der Waals surface area contributed by atoms with Gasteiger partial charge in [-0.3, -0.25) is 4.79 Å². The van der Waals surface area contributed by atoms with E-state index in [1.165, 1.54) is 6.07 Å². The van der Waals surface area contributed by atoms with Gasteiger partial charge in [-0.05, 0) is 24.6 Å². The third-order valence-electron chi connectivity index (χ3n) is 2.33. The van der Waals surface area contributed by atoms with E-state index in [0.29, 0.717) is 17.8 Å². The molecule has 5 nitrogen and oxygen atoms in total. The van der Waals surface area contributed by atoms with Crippen molar-refractivity contribution in [1.29, 1.82) is 0 Å². The van der Waals surface area contributed by atoms with E-state index in [1.807, 2.05) is 0 Å². The van der Waals surface area contributed by atoms with Crippen molar-refractivity contribution < 1.29 is 14.7 Å². The van der Waals surface area contributed by atoms with Crippen LogP contribution in [0.2, 0.25) is 0 Å². The van der Waals surface area contributed by atoms with E-state index in [2.05, 4.69) is 17.2 Å². The van der Waals surface area contributed by atoms with Crippen molar-refractivity contribution in [3.05, 3.63) is 42.0 Å². The molecule has 0 bridgehead atoms. The Kier molecular flexibility index (Phi) is 5.07. The van der Waals surface area contributed by atoms with Gasteiger partial charge < -0.3 is 15.7 Å². The molecule has 0 aliphatic rings. The van der Waals surface area contributed by atoms with Crippen LogP contribution in [-0.2, 0) is 4.79 Å². The Hall–Kier alpha value is -2.14. The van der Waals surface area contributed by atoms with Crippen LogP contribution in [0.15, 0.2) is 30.9 Å². The molecule has 0 aliphatic carbocycles. The minimum atomic E-state index is -1.01. The third-order valence-corrected chi connectivity index (χ3v) is 2.33. The van der Waals surface area contributed by atoms with Crippen molar-refractivity contribution >= 4 is 17.6 Å². The van der Waals surface area contributed by atoms with E-state index in [1.54, 1.807) is 25.1 Å². The summed E-state index contributed by atoms with van der Waals surface area (Å²) in [5, 5.41) is 14.4. The SMILES string of the molecule is C=CCNCC(=O)Nc1ccc(C)c(C(=O)O)c1. The van der Waals surface area contributed by atoms with Crippen molar-refractivity contribution in [3.63, 3.8) is 0 Å². The third kappa shape index (κ3) is 4.03. The summed E-state index contributed by atoms with van der Waals surface area (Å²) >= 11 is 0. The van der Waals surface area contributed by atoms with Gasteiger partial charge in [-0.1, -0.05) is 12.1 Å². The van der Waals surface area contributed by atoms with Gasteiger partial charge in [0, 0.05) is 12.2 Å². The molecule has 0 fully saturated rings. The highest BCUT2D eigenvalue weighted by molar-refractivity contribution is 5.95. The van der Waals surface area contributed by atoms with Gasteiger partial charge >= 0.3 is 5.97 Å². The lowest BCUT2D eigenvalue weighted by molar-refractivity contribution is -0.115. The number of aryl methyl sites for hydroxylation is 1. The molecular formula is C13H16N2O3. The highest BCUT2D eigenvalue weighted by Crippen LogP contribution is 2.15. The standard InChI is InChI=1S/C13H16N2O3/c1-3-6-14-8-12(16)15-10-5-4-9(2)11(7-10)13(17)18/h3-5,7,14H,1,6,8H2,2H3,(H,15,16)(H,17,18). The summed E-state index contributed by atoms with van der Waals surface area (Å²) in [4.78, 5) is 22.4. The van der Waals surface area contributed by atoms with Crippen molar-refractivity contribution in [2.75, 3.05) is 18.4 Å². The maximum atomic E-state index is 11.5. The Morgan fingerprint density at radius 3 is 2.78 bits per heavy atom. The summed E-state index contributed by atoms with van der Waals surface area (Å²) in [6.07, 6.45) is 1.65. The van der Waals surface area contributed by atoms with Crippen molar-refractivity contribution in [1.82, 2.24) is 5.32 Å². The average Bonchev–Trinajstić information content (AvgIpc) is 2.31. The number of carboxylic acid groups (broad SMARTS) is 1. The monoisotopic (exact) mass is 248 g/mol. The number of nitrogens with one attached hydrogen (secondary N) is 2. The number of carbonyl (C=O) groups excluding carboxylic acids is 1. The molecule has 18 heavy (non-hydrogen) atoms. The van der Waals surface area contributed by atoms with Crippen LogP contribution in [0.5, 0.6) is 0 Å². The van der Waals surface area contributed by atoms with Crippen molar-refractivity contribution in [2.24, 2.45) is 0 Å². The minimum Gasteiger partial charge on any atom is -0.478 e. The summed E-state index contributed by atoms with van der Waals surface area (Å²) in [7, 11) is 0. The second-order valence-corrected chi connectivity index (χ2v) is 3.80. The van der Waals surface area contributed by atoms with Crippen LogP contribution in [0.25, 0.3) is 0 Å². The first kappa shape index (κ1) is 13.9. The molecule has 96 valence electrons. The van der Waals surface area contributed by atoms with Crippen LogP contribution >= 0.6 is 0 Å². The average molecular weight is 248 g/mol. The fourth-order valence-electron chi connectivity index (χ4n) is 1.42. The molecule has 0 aliphatic heterocycles. The van der Waals surface area contributed by atoms with Gasteiger partial charge in [0.05, 0.1) is 12.1 Å². The molecule has 1 aromatic carbocycles. The number of carboxylic acids is 1. The molecule has 1 aromatic rings. The van der Waals surface area contributed by atoms with Crippen molar-refractivity contribution in [2.45, 2.75) is 6.92 Å². The maximum absolute atomic E-state index is 11.5. The number of hydrogen-bond donors (Lipinski definition) is 3. The molecule has 0 aromatic heterocycles. The molecule has 1 amide bonds.